The number of anilines is 1. The summed E-state index contributed by atoms with van der Waals surface area (Å²) < 4.78 is 1.84. The Morgan fingerprint density at radius 1 is 1.26 bits per heavy atom. The molecule has 27 heavy (non-hydrogen) atoms. The molecular weight excluding hydrogens is 402 g/mol. The van der Waals surface area contributed by atoms with Crippen LogP contribution in [0.1, 0.15) is 16.0 Å². The van der Waals surface area contributed by atoms with Gasteiger partial charge in [-0.15, -0.1) is 21.5 Å². The van der Waals surface area contributed by atoms with Crippen molar-refractivity contribution in [1.29, 1.82) is 0 Å². The fourth-order valence-electron chi connectivity index (χ4n) is 2.78. The van der Waals surface area contributed by atoms with E-state index in [-0.39, 0.29) is 11.7 Å². The van der Waals surface area contributed by atoms with Crippen molar-refractivity contribution in [3.05, 3.63) is 45.6 Å². The summed E-state index contributed by atoms with van der Waals surface area (Å²) in [5.74, 6) is 0.0885. The van der Waals surface area contributed by atoms with E-state index < -0.39 is 0 Å². The highest BCUT2D eigenvalue weighted by molar-refractivity contribution is 7.99. The molecule has 0 atom stereocenters. The first-order chi connectivity index (χ1) is 13.0. The van der Waals surface area contributed by atoms with E-state index >= 15 is 0 Å². The SMILES string of the molecule is Cc1sc2ncn3c(SCC(=O)Nc4cccc(Cl)c4C)nnc3c2c1C. The van der Waals surface area contributed by atoms with E-state index in [0.717, 1.165) is 21.4 Å². The van der Waals surface area contributed by atoms with Gasteiger partial charge < -0.3 is 5.32 Å². The Labute approximate surface area is 169 Å². The molecule has 0 saturated heterocycles. The number of amides is 1. The van der Waals surface area contributed by atoms with Crippen molar-refractivity contribution in [2.75, 3.05) is 11.1 Å². The smallest absolute Gasteiger partial charge is 0.234 e. The molecule has 4 aromatic rings. The lowest BCUT2D eigenvalue weighted by Gasteiger charge is -2.09. The molecule has 0 spiro atoms. The number of thioether (sulfide) groups is 1. The van der Waals surface area contributed by atoms with Crippen molar-refractivity contribution in [2.24, 2.45) is 0 Å². The highest BCUT2D eigenvalue weighted by atomic mass is 35.5. The topological polar surface area (TPSA) is 72.2 Å². The van der Waals surface area contributed by atoms with E-state index in [1.54, 1.807) is 23.7 Å². The van der Waals surface area contributed by atoms with Crippen LogP contribution >= 0.6 is 34.7 Å². The second-order valence-corrected chi connectivity index (χ2v) is 8.69. The third kappa shape index (κ3) is 3.28. The number of carbonyl (C=O) groups excluding carboxylic acids is 1. The molecule has 1 amide bonds. The number of rotatable bonds is 4. The Balaban J connectivity index is 1.55. The van der Waals surface area contributed by atoms with Gasteiger partial charge in [-0.1, -0.05) is 29.4 Å². The molecule has 3 heterocycles. The highest BCUT2D eigenvalue weighted by Gasteiger charge is 2.16. The average Bonchev–Trinajstić information content (AvgIpc) is 3.18. The van der Waals surface area contributed by atoms with E-state index in [9.17, 15) is 4.79 Å². The first-order valence-corrected chi connectivity index (χ1v) is 10.4. The van der Waals surface area contributed by atoms with Crippen LogP contribution in [0.5, 0.6) is 0 Å². The molecule has 0 saturated carbocycles. The molecule has 1 aromatic carbocycles. The predicted molar refractivity (Wildman–Crippen MR) is 111 cm³/mol. The van der Waals surface area contributed by atoms with Crippen LogP contribution in [-0.4, -0.2) is 31.2 Å². The lowest BCUT2D eigenvalue weighted by atomic mass is 10.2. The molecule has 0 aliphatic rings. The number of halogens is 1. The van der Waals surface area contributed by atoms with Crippen molar-refractivity contribution >= 4 is 62.2 Å². The lowest BCUT2D eigenvalue weighted by Crippen LogP contribution is -2.15. The van der Waals surface area contributed by atoms with Crippen molar-refractivity contribution in [3.8, 4) is 0 Å². The molecule has 0 radical (unpaired) electrons. The van der Waals surface area contributed by atoms with Gasteiger partial charge in [0.25, 0.3) is 0 Å². The second-order valence-electron chi connectivity index (χ2n) is 6.13. The Bertz CT molecular complexity index is 1180. The molecule has 3 aromatic heterocycles. The maximum atomic E-state index is 12.3. The number of carbonyl (C=O) groups is 1. The number of aryl methyl sites for hydroxylation is 2. The maximum absolute atomic E-state index is 12.3. The summed E-state index contributed by atoms with van der Waals surface area (Å²) in [5, 5.41) is 13.7. The number of thiophene rings is 1. The van der Waals surface area contributed by atoms with Crippen LogP contribution < -0.4 is 5.32 Å². The van der Waals surface area contributed by atoms with Gasteiger partial charge in [-0.05, 0) is 44.0 Å². The highest BCUT2D eigenvalue weighted by Crippen LogP contribution is 2.32. The summed E-state index contributed by atoms with van der Waals surface area (Å²) in [6, 6.07) is 5.44. The quantitative estimate of drug-likeness (QED) is 0.489. The molecule has 4 rings (SSSR count). The summed E-state index contributed by atoms with van der Waals surface area (Å²) in [7, 11) is 0. The molecule has 138 valence electrons. The average molecular weight is 418 g/mol. The van der Waals surface area contributed by atoms with Gasteiger partial charge in [-0.2, -0.15) is 0 Å². The van der Waals surface area contributed by atoms with Crippen LogP contribution in [-0.2, 0) is 4.79 Å². The van der Waals surface area contributed by atoms with E-state index in [4.69, 9.17) is 11.6 Å². The fourth-order valence-corrected chi connectivity index (χ4v) is 4.65. The minimum Gasteiger partial charge on any atom is -0.325 e. The Hall–Kier alpha value is -2.16. The van der Waals surface area contributed by atoms with Gasteiger partial charge in [-0.3, -0.25) is 9.20 Å². The summed E-state index contributed by atoms with van der Waals surface area (Å²) >= 11 is 9.07. The number of nitrogens with zero attached hydrogens (tertiary/aromatic N) is 4. The van der Waals surface area contributed by atoms with Gasteiger partial charge in [0, 0.05) is 15.6 Å². The number of benzene rings is 1. The number of hydrogen-bond donors (Lipinski definition) is 1. The molecule has 9 heteroatoms. The van der Waals surface area contributed by atoms with E-state index in [0.29, 0.717) is 15.9 Å². The third-order valence-electron chi connectivity index (χ3n) is 4.42. The zero-order valence-corrected chi connectivity index (χ0v) is 17.3. The van der Waals surface area contributed by atoms with Crippen LogP contribution in [0.25, 0.3) is 15.9 Å². The molecular formula is C18H16ClN5OS2. The standard InChI is InChI=1S/C18H16ClN5OS2/c1-9-11(3)27-17-15(9)16-22-23-18(24(16)8-20-17)26-7-14(25)21-13-6-4-5-12(19)10(13)2/h4-6,8H,7H2,1-3H3,(H,21,25). The molecule has 0 aliphatic heterocycles. The number of fused-ring (bicyclic) bond motifs is 3. The zero-order valence-electron chi connectivity index (χ0n) is 14.9. The van der Waals surface area contributed by atoms with Gasteiger partial charge in [-0.25, -0.2) is 4.98 Å². The second kappa shape index (κ2) is 7.10. The van der Waals surface area contributed by atoms with Crippen LogP contribution in [0.15, 0.2) is 29.7 Å². The van der Waals surface area contributed by atoms with E-state index in [1.807, 2.05) is 23.5 Å². The summed E-state index contributed by atoms with van der Waals surface area (Å²) in [5.41, 5.74) is 3.51. The first-order valence-electron chi connectivity index (χ1n) is 8.23. The van der Waals surface area contributed by atoms with Crippen molar-refractivity contribution in [2.45, 2.75) is 25.9 Å². The normalized spacial score (nSPS) is 11.4. The van der Waals surface area contributed by atoms with Gasteiger partial charge in [0.2, 0.25) is 5.91 Å². The van der Waals surface area contributed by atoms with Crippen LogP contribution in [0.4, 0.5) is 5.69 Å². The fraction of sp³-hybridized carbons (Fsp3) is 0.222. The zero-order chi connectivity index (χ0) is 19.1. The van der Waals surface area contributed by atoms with Gasteiger partial charge >= 0.3 is 0 Å². The van der Waals surface area contributed by atoms with Crippen molar-refractivity contribution in [1.82, 2.24) is 19.6 Å². The first kappa shape index (κ1) is 18.2. The minimum absolute atomic E-state index is 0.126. The van der Waals surface area contributed by atoms with Crippen molar-refractivity contribution in [3.63, 3.8) is 0 Å². The number of nitrogens with one attached hydrogen (secondary N) is 1. The van der Waals surface area contributed by atoms with Crippen LogP contribution in [0, 0.1) is 20.8 Å². The number of hydrogen-bond acceptors (Lipinski definition) is 6. The van der Waals surface area contributed by atoms with Gasteiger partial charge in [0.15, 0.2) is 10.8 Å². The van der Waals surface area contributed by atoms with Crippen LogP contribution in [0.3, 0.4) is 0 Å². The molecule has 0 fully saturated rings. The Morgan fingerprint density at radius 3 is 2.89 bits per heavy atom. The lowest BCUT2D eigenvalue weighted by molar-refractivity contribution is -0.113. The molecule has 1 N–H and O–H groups in total. The van der Waals surface area contributed by atoms with Gasteiger partial charge in [0.05, 0.1) is 11.1 Å². The summed E-state index contributed by atoms with van der Waals surface area (Å²) in [6.07, 6.45) is 1.72. The Kier molecular flexibility index (Phi) is 4.79. The minimum atomic E-state index is -0.126. The third-order valence-corrected chi connectivity index (χ3v) is 6.89. The molecule has 0 aliphatic carbocycles. The largest absolute Gasteiger partial charge is 0.325 e. The molecule has 6 nitrogen and oxygen atoms in total. The summed E-state index contributed by atoms with van der Waals surface area (Å²) in [4.78, 5) is 19.0. The van der Waals surface area contributed by atoms with Crippen molar-refractivity contribution < 1.29 is 4.79 Å². The monoisotopic (exact) mass is 417 g/mol. The maximum Gasteiger partial charge on any atom is 0.234 e. The molecule has 0 unspecified atom stereocenters. The van der Waals surface area contributed by atoms with E-state index in [2.05, 4.69) is 34.3 Å². The summed E-state index contributed by atoms with van der Waals surface area (Å²) in [6.45, 7) is 6.02. The number of aromatic nitrogens is 4. The van der Waals surface area contributed by atoms with Crippen LogP contribution in [0.2, 0.25) is 5.02 Å². The van der Waals surface area contributed by atoms with Gasteiger partial charge in [0.1, 0.15) is 11.2 Å². The van der Waals surface area contributed by atoms with E-state index in [1.165, 1.54) is 22.2 Å². The predicted octanol–water partition coefficient (Wildman–Crippen LogP) is 4.65. The molecule has 0 bridgehead atoms. The Morgan fingerprint density at radius 2 is 2.07 bits per heavy atom.